The second-order valence-corrected chi connectivity index (χ2v) is 3.90. The van der Waals surface area contributed by atoms with E-state index >= 15 is 0 Å². The summed E-state index contributed by atoms with van der Waals surface area (Å²) in [5.41, 5.74) is 3.10. The van der Waals surface area contributed by atoms with Gasteiger partial charge in [-0.1, -0.05) is 60.7 Å². The maximum absolute atomic E-state index is 11.3. The fraction of sp³-hybridized carbons (Fsp3) is 0.0625. The number of carbonyl (C=O) groups is 1. The maximum atomic E-state index is 11.3. The van der Waals surface area contributed by atoms with Crippen molar-refractivity contribution < 1.29 is 4.79 Å². The lowest BCUT2D eigenvalue weighted by molar-refractivity contribution is -0.112. The minimum Gasteiger partial charge on any atom is -0.295 e. The van der Waals surface area contributed by atoms with E-state index < -0.39 is 0 Å². The predicted molar refractivity (Wildman–Crippen MR) is 70.6 cm³/mol. The quantitative estimate of drug-likeness (QED) is 0.723. The van der Waals surface area contributed by atoms with Crippen LogP contribution in [-0.4, -0.2) is 5.78 Å². The zero-order chi connectivity index (χ0) is 12.1. The van der Waals surface area contributed by atoms with Crippen molar-refractivity contribution in [3.8, 4) is 0 Å². The molecule has 0 radical (unpaired) electrons. The Morgan fingerprint density at radius 1 is 0.824 bits per heavy atom. The van der Waals surface area contributed by atoms with Crippen LogP contribution >= 0.6 is 0 Å². The van der Waals surface area contributed by atoms with E-state index in [2.05, 4.69) is 0 Å². The third kappa shape index (κ3) is 2.91. The molecular formula is C16H14O. The van der Waals surface area contributed by atoms with E-state index in [1.165, 1.54) is 0 Å². The van der Waals surface area contributed by atoms with Crippen LogP contribution in [-0.2, 0) is 4.79 Å². The molecule has 2 rings (SSSR count). The number of allylic oxidation sites excluding steroid dienone is 1. The molecule has 0 unspecified atom stereocenters. The predicted octanol–water partition coefficient (Wildman–Crippen LogP) is 3.71. The fourth-order valence-corrected chi connectivity index (χ4v) is 1.77. The van der Waals surface area contributed by atoms with Gasteiger partial charge in [0.25, 0.3) is 0 Å². The van der Waals surface area contributed by atoms with Gasteiger partial charge in [0.2, 0.25) is 0 Å². The van der Waals surface area contributed by atoms with Crippen LogP contribution in [0.1, 0.15) is 18.1 Å². The van der Waals surface area contributed by atoms with Crippen LogP contribution in [0.2, 0.25) is 0 Å². The van der Waals surface area contributed by atoms with Crippen molar-refractivity contribution >= 4 is 11.4 Å². The van der Waals surface area contributed by atoms with Gasteiger partial charge in [0.1, 0.15) is 0 Å². The molecule has 0 amide bonds. The molecule has 84 valence electrons. The van der Waals surface area contributed by atoms with E-state index in [1.54, 1.807) is 13.0 Å². The summed E-state index contributed by atoms with van der Waals surface area (Å²) in [6.07, 6.45) is 1.69. The highest BCUT2D eigenvalue weighted by molar-refractivity contribution is 5.99. The van der Waals surface area contributed by atoms with Crippen molar-refractivity contribution in [2.45, 2.75) is 6.92 Å². The van der Waals surface area contributed by atoms with Crippen LogP contribution in [0.3, 0.4) is 0 Å². The highest BCUT2D eigenvalue weighted by Gasteiger charge is 2.04. The molecule has 2 aromatic carbocycles. The van der Waals surface area contributed by atoms with E-state index in [1.807, 2.05) is 60.7 Å². The van der Waals surface area contributed by atoms with Gasteiger partial charge in [0.05, 0.1) is 0 Å². The van der Waals surface area contributed by atoms with Gasteiger partial charge < -0.3 is 0 Å². The first-order chi connectivity index (χ1) is 8.27. The van der Waals surface area contributed by atoms with Crippen molar-refractivity contribution in [2.24, 2.45) is 0 Å². The van der Waals surface area contributed by atoms with Gasteiger partial charge in [0.15, 0.2) is 5.78 Å². The topological polar surface area (TPSA) is 17.1 Å². The van der Waals surface area contributed by atoms with Gasteiger partial charge in [0, 0.05) is 0 Å². The molecule has 0 aliphatic heterocycles. The molecule has 0 saturated carbocycles. The van der Waals surface area contributed by atoms with Gasteiger partial charge in [-0.25, -0.2) is 0 Å². The van der Waals surface area contributed by atoms with Crippen LogP contribution in [0.15, 0.2) is 66.7 Å². The highest BCUT2D eigenvalue weighted by atomic mass is 16.1. The molecular weight excluding hydrogens is 208 g/mol. The summed E-state index contributed by atoms with van der Waals surface area (Å²) in [7, 11) is 0. The minimum absolute atomic E-state index is 0.0627. The van der Waals surface area contributed by atoms with Gasteiger partial charge in [-0.2, -0.15) is 0 Å². The molecule has 1 heteroatoms. The molecule has 0 spiro atoms. The number of carbonyl (C=O) groups excluding carboxylic acids is 1. The van der Waals surface area contributed by atoms with Gasteiger partial charge >= 0.3 is 0 Å². The smallest absolute Gasteiger partial charge is 0.153 e. The summed E-state index contributed by atoms with van der Waals surface area (Å²) >= 11 is 0. The average molecular weight is 222 g/mol. The van der Waals surface area contributed by atoms with Crippen molar-refractivity contribution in [1.82, 2.24) is 0 Å². The molecule has 0 atom stereocenters. The van der Waals surface area contributed by atoms with Crippen LogP contribution in [0.5, 0.6) is 0 Å². The largest absolute Gasteiger partial charge is 0.295 e. The summed E-state index contributed by atoms with van der Waals surface area (Å²) < 4.78 is 0. The second-order valence-electron chi connectivity index (χ2n) is 3.90. The Labute approximate surface area is 101 Å². The van der Waals surface area contributed by atoms with Gasteiger partial charge in [-0.15, -0.1) is 0 Å². The fourth-order valence-electron chi connectivity index (χ4n) is 1.77. The van der Waals surface area contributed by atoms with Crippen LogP contribution < -0.4 is 0 Å². The summed E-state index contributed by atoms with van der Waals surface area (Å²) in [5, 5.41) is 0. The Bertz CT molecular complexity index is 482. The molecule has 0 fully saturated rings. The number of rotatable bonds is 3. The number of ketones is 1. The monoisotopic (exact) mass is 222 g/mol. The lowest BCUT2D eigenvalue weighted by Gasteiger charge is -2.07. The Kier molecular flexibility index (Phi) is 3.51. The molecule has 1 nitrogen and oxygen atoms in total. The van der Waals surface area contributed by atoms with E-state index in [9.17, 15) is 4.79 Å². The maximum Gasteiger partial charge on any atom is 0.153 e. The van der Waals surface area contributed by atoms with E-state index in [0.29, 0.717) is 0 Å². The van der Waals surface area contributed by atoms with E-state index in [-0.39, 0.29) is 5.78 Å². The molecule has 0 aliphatic rings. The third-order valence-corrected chi connectivity index (χ3v) is 2.52. The lowest BCUT2D eigenvalue weighted by atomic mass is 9.97. The van der Waals surface area contributed by atoms with Gasteiger partial charge in [-0.3, -0.25) is 4.79 Å². The van der Waals surface area contributed by atoms with Crippen molar-refractivity contribution in [3.63, 3.8) is 0 Å². The Balaban J connectivity index is 2.51. The summed E-state index contributed by atoms with van der Waals surface area (Å²) in [4.78, 5) is 11.3. The second kappa shape index (κ2) is 5.26. The van der Waals surface area contributed by atoms with Crippen molar-refractivity contribution in [3.05, 3.63) is 77.9 Å². The zero-order valence-corrected chi connectivity index (χ0v) is 9.76. The SMILES string of the molecule is CC(=O)C=C(c1ccccc1)c1ccccc1. The van der Waals surface area contributed by atoms with Crippen LogP contribution in [0.4, 0.5) is 0 Å². The molecule has 0 heterocycles. The molecule has 17 heavy (non-hydrogen) atoms. The van der Waals surface area contributed by atoms with Crippen molar-refractivity contribution in [1.29, 1.82) is 0 Å². The molecule has 2 aromatic rings. The summed E-state index contributed by atoms with van der Waals surface area (Å²) in [6, 6.07) is 19.9. The first-order valence-corrected chi connectivity index (χ1v) is 5.60. The molecule has 0 bridgehead atoms. The minimum atomic E-state index is 0.0627. The van der Waals surface area contributed by atoms with Crippen molar-refractivity contribution in [2.75, 3.05) is 0 Å². The van der Waals surface area contributed by atoms with Crippen LogP contribution in [0, 0.1) is 0 Å². The van der Waals surface area contributed by atoms with E-state index in [4.69, 9.17) is 0 Å². The molecule has 0 N–H and O–H groups in total. The summed E-state index contributed by atoms with van der Waals surface area (Å²) in [6.45, 7) is 1.58. The zero-order valence-electron chi connectivity index (χ0n) is 9.76. The Morgan fingerprint density at radius 3 is 1.59 bits per heavy atom. The van der Waals surface area contributed by atoms with Crippen LogP contribution in [0.25, 0.3) is 5.57 Å². The first-order valence-electron chi connectivity index (χ1n) is 5.60. The Hall–Kier alpha value is -2.15. The standard InChI is InChI=1S/C16H14O/c1-13(17)12-16(14-8-4-2-5-9-14)15-10-6-3-7-11-15/h2-12H,1H3. The lowest BCUT2D eigenvalue weighted by Crippen LogP contribution is -1.91. The summed E-state index contributed by atoms with van der Waals surface area (Å²) in [5.74, 6) is 0.0627. The molecule has 0 aliphatic carbocycles. The number of hydrogen-bond acceptors (Lipinski definition) is 1. The van der Waals surface area contributed by atoms with Gasteiger partial charge in [-0.05, 0) is 29.7 Å². The number of hydrogen-bond donors (Lipinski definition) is 0. The average Bonchev–Trinajstić information content (AvgIpc) is 2.38. The highest BCUT2D eigenvalue weighted by Crippen LogP contribution is 2.22. The first kappa shape index (κ1) is 11.3. The normalized spacial score (nSPS) is 9.71. The molecule has 0 aromatic heterocycles. The Morgan fingerprint density at radius 2 is 1.24 bits per heavy atom. The number of benzene rings is 2. The van der Waals surface area contributed by atoms with E-state index in [0.717, 1.165) is 16.7 Å². The third-order valence-electron chi connectivity index (χ3n) is 2.52. The molecule has 0 saturated heterocycles.